The van der Waals surface area contributed by atoms with E-state index in [0.29, 0.717) is 23.2 Å². The van der Waals surface area contributed by atoms with Gasteiger partial charge in [-0.2, -0.15) is 0 Å². The smallest absolute Gasteiger partial charge is 0.312 e. The van der Waals surface area contributed by atoms with Gasteiger partial charge in [0.1, 0.15) is 5.92 Å². The van der Waals surface area contributed by atoms with E-state index in [1.165, 1.54) is 29.2 Å². The van der Waals surface area contributed by atoms with E-state index in [1.54, 1.807) is 24.3 Å². The average molecular weight is 387 g/mol. The van der Waals surface area contributed by atoms with Crippen LogP contribution < -0.4 is 4.90 Å². The molecular weight excluding hydrogens is 366 g/mol. The minimum Gasteiger partial charge on any atom is -0.481 e. The molecule has 1 aliphatic rings. The van der Waals surface area contributed by atoms with Crippen LogP contribution in [0.3, 0.4) is 0 Å². The SMILES string of the molecule is CCCCS(=O)(=O)c1ccc(C(=O)N2CC(C(=O)O)c3ccccc32)cc1. The standard InChI is InChI=1S/C20H21NO5S/c1-2-3-12-27(25,26)15-10-8-14(9-11-15)19(22)21-13-17(20(23)24)16-6-4-5-7-18(16)21/h4-11,17H,2-3,12-13H2,1H3,(H,23,24). The first-order chi connectivity index (χ1) is 12.8. The van der Waals surface area contributed by atoms with Crippen molar-refractivity contribution in [2.24, 2.45) is 0 Å². The normalized spacial score (nSPS) is 16.2. The molecule has 0 radical (unpaired) electrons. The van der Waals surface area contributed by atoms with Crippen molar-refractivity contribution < 1.29 is 23.1 Å². The fraction of sp³-hybridized carbons (Fsp3) is 0.300. The lowest BCUT2D eigenvalue weighted by molar-refractivity contribution is -0.138. The molecule has 6 nitrogen and oxygen atoms in total. The molecule has 0 aromatic heterocycles. The first-order valence-corrected chi connectivity index (χ1v) is 10.5. The largest absolute Gasteiger partial charge is 0.481 e. The highest BCUT2D eigenvalue weighted by Crippen LogP contribution is 2.37. The van der Waals surface area contributed by atoms with Crippen molar-refractivity contribution >= 4 is 27.4 Å². The van der Waals surface area contributed by atoms with Crippen molar-refractivity contribution in [1.82, 2.24) is 0 Å². The molecule has 1 heterocycles. The van der Waals surface area contributed by atoms with Crippen LogP contribution >= 0.6 is 0 Å². The number of para-hydroxylation sites is 1. The maximum Gasteiger partial charge on any atom is 0.312 e. The topological polar surface area (TPSA) is 91.8 Å². The van der Waals surface area contributed by atoms with Crippen molar-refractivity contribution in [3.63, 3.8) is 0 Å². The van der Waals surface area contributed by atoms with Crippen LogP contribution in [0.25, 0.3) is 0 Å². The molecule has 142 valence electrons. The molecule has 0 aliphatic carbocycles. The molecular formula is C20H21NO5S. The number of aliphatic carboxylic acids is 1. The van der Waals surface area contributed by atoms with Gasteiger partial charge in [0, 0.05) is 17.8 Å². The van der Waals surface area contributed by atoms with Crippen LogP contribution in [0.4, 0.5) is 5.69 Å². The Morgan fingerprint density at radius 3 is 2.41 bits per heavy atom. The number of benzene rings is 2. The lowest BCUT2D eigenvalue weighted by Gasteiger charge is -2.17. The Labute approximate surface area is 158 Å². The number of anilines is 1. The number of carboxylic acid groups (broad SMARTS) is 1. The number of sulfone groups is 1. The molecule has 1 amide bonds. The minimum atomic E-state index is -3.36. The zero-order valence-corrected chi connectivity index (χ0v) is 15.8. The first-order valence-electron chi connectivity index (χ1n) is 8.81. The maximum atomic E-state index is 12.9. The van der Waals surface area contributed by atoms with Crippen LogP contribution in [0.15, 0.2) is 53.4 Å². The third-order valence-corrected chi connectivity index (χ3v) is 6.55. The number of amides is 1. The van der Waals surface area contributed by atoms with E-state index in [0.717, 1.165) is 6.42 Å². The Bertz CT molecular complexity index is 966. The van der Waals surface area contributed by atoms with Gasteiger partial charge in [0.15, 0.2) is 9.84 Å². The predicted octanol–water partition coefficient (Wildman–Crippen LogP) is 3.09. The van der Waals surface area contributed by atoms with Gasteiger partial charge in [0.25, 0.3) is 5.91 Å². The quantitative estimate of drug-likeness (QED) is 0.822. The third-order valence-electron chi connectivity index (χ3n) is 4.74. The van der Waals surface area contributed by atoms with Gasteiger partial charge in [-0.15, -0.1) is 0 Å². The summed E-state index contributed by atoms with van der Waals surface area (Å²) in [6, 6.07) is 12.8. The molecule has 7 heteroatoms. The van der Waals surface area contributed by atoms with E-state index >= 15 is 0 Å². The van der Waals surface area contributed by atoms with E-state index in [9.17, 15) is 23.1 Å². The minimum absolute atomic E-state index is 0.0596. The number of fused-ring (bicyclic) bond motifs is 1. The zero-order chi connectivity index (χ0) is 19.6. The Morgan fingerprint density at radius 1 is 1.11 bits per heavy atom. The van der Waals surface area contributed by atoms with E-state index in [2.05, 4.69) is 0 Å². The van der Waals surface area contributed by atoms with E-state index in [-0.39, 0.29) is 23.1 Å². The van der Waals surface area contributed by atoms with Gasteiger partial charge in [-0.1, -0.05) is 31.5 Å². The Morgan fingerprint density at radius 2 is 1.78 bits per heavy atom. The molecule has 0 fully saturated rings. The van der Waals surface area contributed by atoms with Crippen LogP contribution in [0, 0.1) is 0 Å². The highest BCUT2D eigenvalue weighted by Gasteiger charge is 2.36. The maximum absolute atomic E-state index is 12.9. The molecule has 0 bridgehead atoms. The summed E-state index contributed by atoms with van der Waals surface area (Å²) in [5.41, 5.74) is 1.51. The number of carbonyl (C=O) groups is 2. The molecule has 2 aromatic rings. The molecule has 0 spiro atoms. The van der Waals surface area contributed by atoms with Gasteiger partial charge in [0.05, 0.1) is 10.6 Å². The number of carbonyl (C=O) groups excluding carboxylic acids is 1. The van der Waals surface area contributed by atoms with E-state index in [4.69, 9.17) is 0 Å². The number of hydrogen-bond acceptors (Lipinski definition) is 4. The molecule has 1 aliphatic heterocycles. The predicted molar refractivity (Wildman–Crippen MR) is 102 cm³/mol. The lowest BCUT2D eigenvalue weighted by Crippen LogP contribution is -2.31. The van der Waals surface area contributed by atoms with Gasteiger partial charge in [-0.05, 0) is 42.3 Å². The van der Waals surface area contributed by atoms with Crippen molar-refractivity contribution in [2.45, 2.75) is 30.6 Å². The van der Waals surface area contributed by atoms with Gasteiger partial charge >= 0.3 is 5.97 Å². The van der Waals surface area contributed by atoms with Crippen molar-refractivity contribution in [2.75, 3.05) is 17.2 Å². The van der Waals surface area contributed by atoms with Crippen molar-refractivity contribution in [3.05, 3.63) is 59.7 Å². The Hall–Kier alpha value is -2.67. The monoisotopic (exact) mass is 387 g/mol. The second-order valence-corrected chi connectivity index (χ2v) is 8.67. The summed E-state index contributed by atoms with van der Waals surface area (Å²) in [4.78, 5) is 26.0. The molecule has 3 rings (SSSR count). The van der Waals surface area contributed by atoms with Crippen LogP contribution in [-0.4, -0.2) is 37.7 Å². The fourth-order valence-corrected chi connectivity index (χ4v) is 4.68. The summed E-state index contributed by atoms with van der Waals surface area (Å²) in [5.74, 6) is -2.01. The molecule has 0 saturated carbocycles. The number of unbranched alkanes of at least 4 members (excludes halogenated alkanes) is 1. The second-order valence-electron chi connectivity index (χ2n) is 6.56. The summed E-state index contributed by atoms with van der Waals surface area (Å²) in [6.07, 6.45) is 1.37. The molecule has 27 heavy (non-hydrogen) atoms. The molecule has 1 atom stereocenters. The fourth-order valence-electron chi connectivity index (χ4n) is 3.22. The van der Waals surface area contributed by atoms with Crippen LogP contribution in [0.1, 0.15) is 41.6 Å². The highest BCUT2D eigenvalue weighted by molar-refractivity contribution is 7.91. The first kappa shape index (κ1) is 19.1. The van der Waals surface area contributed by atoms with E-state index < -0.39 is 21.7 Å². The van der Waals surface area contributed by atoms with E-state index in [1.807, 2.05) is 6.92 Å². The Kier molecular flexibility index (Phi) is 5.32. The van der Waals surface area contributed by atoms with Crippen molar-refractivity contribution in [3.8, 4) is 0 Å². The summed E-state index contributed by atoms with van der Waals surface area (Å²) in [6.45, 7) is 1.99. The van der Waals surface area contributed by atoms with Crippen LogP contribution in [-0.2, 0) is 14.6 Å². The van der Waals surface area contributed by atoms with Gasteiger partial charge in [-0.25, -0.2) is 8.42 Å². The molecule has 0 saturated heterocycles. The van der Waals surface area contributed by atoms with Crippen molar-refractivity contribution in [1.29, 1.82) is 0 Å². The number of hydrogen-bond donors (Lipinski definition) is 1. The molecule has 1 N–H and O–H groups in total. The zero-order valence-electron chi connectivity index (χ0n) is 15.0. The number of nitrogens with zero attached hydrogens (tertiary/aromatic N) is 1. The van der Waals surface area contributed by atoms with Gasteiger partial charge in [0.2, 0.25) is 0 Å². The van der Waals surface area contributed by atoms with Gasteiger partial charge in [-0.3, -0.25) is 9.59 Å². The number of rotatable bonds is 6. The average Bonchev–Trinajstić information content (AvgIpc) is 3.06. The third kappa shape index (κ3) is 3.73. The summed E-state index contributed by atoms with van der Waals surface area (Å²) < 4.78 is 24.5. The second kappa shape index (κ2) is 7.52. The molecule has 2 aromatic carbocycles. The molecule has 1 unspecified atom stereocenters. The number of carboxylic acids is 1. The summed E-state index contributed by atoms with van der Waals surface area (Å²) in [7, 11) is -3.36. The van der Waals surface area contributed by atoms with Crippen LogP contribution in [0.5, 0.6) is 0 Å². The lowest BCUT2D eigenvalue weighted by atomic mass is 10.0. The van der Waals surface area contributed by atoms with Gasteiger partial charge < -0.3 is 10.0 Å². The van der Waals surface area contributed by atoms with Crippen LogP contribution in [0.2, 0.25) is 0 Å². The summed E-state index contributed by atoms with van der Waals surface area (Å²) >= 11 is 0. The Balaban J connectivity index is 1.86. The summed E-state index contributed by atoms with van der Waals surface area (Å²) in [5, 5.41) is 9.42. The highest BCUT2D eigenvalue weighted by atomic mass is 32.2.